The minimum Gasteiger partial charge on any atom is -0.362 e. The van der Waals surface area contributed by atoms with E-state index in [0.717, 1.165) is 54.7 Å². The molecule has 8 nitrogen and oxygen atoms in total. The zero-order valence-electron chi connectivity index (χ0n) is 19.3. The summed E-state index contributed by atoms with van der Waals surface area (Å²) in [5.74, 6) is 0.215. The summed E-state index contributed by atoms with van der Waals surface area (Å²) in [6, 6.07) is 14.3. The molecule has 1 fully saturated rings. The fourth-order valence-electron chi connectivity index (χ4n) is 4.54. The second kappa shape index (κ2) is 8.72. The lowest BCUT2D eigenvalue weighted by atomic mass is 10.2. The largest absolute Gasteiger partial charge is 0.362 e. The molecule has 2 aromatic carbocycles. The summed E-state index contributed by atoms with van der Waals surface area (Å²) in [7, 11) is -2.03. The summed E-state index contributed by atoms with van der Waals surface area (Å²) in [6.07, 6.45) is 4.17. The number of aromatic nitrogens is 2. The third kappa shape index (κ3) is 4.23. The van der Waals surface area contributed by atoms with Crippen LogP contribution < -0.4 is 5.32 Å². The van der Waals surface area contributed by atoms with Crippen molar-refractivity contribution in [2.24, 2.45) is 4.40 Å². The van der Waals surface area contributed by atoms with Gasteiger partial charge in [0.05, 0.1) is 10.6 Å². The molecule has 176 valence electrons. The number of anilines is 1. The van der Waals surface area contributed by atoms with Crippen molar-refractivity contribution in [3.8, 4) is 5.69 Å². The number of fused-ring (bicyclic) bond motifs is 1. The Labute approximate surface area is 199 Å². The number of hydrogen-bond donors (Lipinski definition) is 1. The summed E-state index contributed by atoms with van der Waals surface area (Å²) in [6.45, 7) is 2.83. The lowest BCUT2D eigenvalue weighted by Gasteiger charge is -2.11. The Kier molecular flexibility index (Phi) is 5.73. The van der Waals surface area contributed by atoms with Gasteiger partial charge in [-0.2, -0.15) is 13.5 Å². The van der Waals surface area contributed by atoms with E-state index >= 15 is 0 Å². The van der Waals surface area contributed by atoms with E-state index in [0.29, 0.717) is 23.6 Å². The van der Waals surface area contributed by atoms with Gasteiger partial charge in [0.15, 0.2) is 5.69 Å². The molecule has 2 aliphatic rings. The van der Waals surface area contributed by atoms with Gasteiger partial charge in [-0.15, -0.1) is 4.40 Å². The molecule has 1 aromatic heterocycles. The SMILES string of the molecule is Cc1ccc(-n2nc(C(=O)Nc3cccc(S(=O)(=O)N=C4CCCN4C)c3)c3c2CCC3)cc1. The monoisotopic (exact) mass is 477 g/mol. The lowest BCUT2D eigenvalue weighted by Crippen LogP contribution is -2.20. The molecule has 1 amide bonds. The quantitative estimate of drug-likeness (QED) is 0.604. The van der Waals surface area contributed by atoms with Crippen molar-refractivity contribution in [2.75, 3.05) is 18.9 Å². The Balaban J connectivity index is 1.42. The maximum Gasteiger partial charge on any atom is 0.284 e. The van der Waals surface area contributed by atoms with E-state index < -0.39 is 10.0 Å². The first-order chi connectivity index (χ1) is 16.3. The number of nitrogens with zero attached hydrogens (tertiary/aromatic N) is 4. The highest BCUT2D eigenvalue weighted by Gasteiger charge is 2.27. The van der Waals surface area contributed by atoms with E-state index in [-0.39, 0.29) is 10.8 Å². The third-order valence-electron chi connectivity index (χ3n) is 6.37. The minimum absolute atomic E-state index is 0.0495. The van der Waals surface area contributed by atoms with Crippen LogP contribution in [0.4, 0.5) is 5.69 Å². The van der Waals surface area contributed by atoms with Crippen LogP contribution in [0.1, 0.15) is 46.6 Å². The van der Waals surface area contributed by atoms with E-state index in [1.54, 1.807) is 12.1 Å². The summed E-state index contributed by atoms with van der Waals surface area (Å²) < 4.78 is 31.5. The number of carbonyl (C=O) groups is 1. The van der Waals surface area contributed by atoms with Crippen molar-refractivity contribution in [1.82, 2.24) is 14.7 Å². The van der Waals surface area contributed by atoms with Gasteiger partial charge < -0.3 is 10.2 Å². The number of amidine groups is 1. The van der Waals surface area contributed by atoms with Gasteiger partial charge in [0.1, 0.15) is 5.84 Å². The van der Waals surface area contributed by atoms with Crippen LogP contribution in [-0.2, 0) is 22.9 Å². The number of aryl methyl sites for hydroxylation is 1. The summed E-state index contributed by atoms with van der Waals surface area (Å²) in [5, 5.41) is 7.47. The summed E-state index contributed by atoms with van der Waals surface area (Å²) >= 11 is 0. The molecule has 1 aliphatic heterocycles. The number of likely N-dealkylation sites (tertiary alicyclic amines) is 1. The maximum absolute atomic E-state index is 13.2. The molecule has 0 atom stereocenters. The third-order valence-corrected chi connectivity index (χ3v) is 7.67. The van der Waals surface area contributed by atoms with Crippen molar-refractivity contribution < 1.29 is 13.2 Å². The zero-order chi connectivity index (χ0) is 23.9. The van der Waals surface area contributed by atoms with Crippen LogP contribution in [0.3, 0.4) is 0 Å². The van der Waals surface area contributed by atoms with Crippen molar-refractivity contribution >= 4 is 27.5 Å². The molecule has 0 unspecified atom stereocenters. The van der Waals surface area contributed by atoms with Crippen LogP contribution in [0.15, 0.2) is 57.8 Å². The number of benzene rings is 2. The first-order valence-corrected chi connectivity index (χ1v) is 12.9. The van der Waals surface area contributed by atoms with E-state index in [1.165, 1.54) is 12.1 Å². The van der Waals surface area contributed by atoms with Crippen LogP contribution in [0.25, 0.3) is 5.69 Å². The predicted octanol–water partition coefficient (Wildman–Crippen LogP) is 3.73. The molecule has 2 heterocycles. The van der Waals surface area contributed by atoms with Crippen molar-refractivity contribution in [3.05, 3.63) is 71.0 Å². The molecule has 0 spiro atoms. The van der Waals surface area contributed by atoms with Gasteiger partial charge in [-0.05, 0) is 62.9 Å². The normalized spacial score (nSPS) is 16.8. The van der Waals surface area contributed by atoms with Crippen molar-refractivity contribution in [2.45, 2.75) is 43.9 Å². The van der Waals surface area contributed by atoms with Crippen molar-refractivity contribution in [1.29, 1.82) is 0 Å². The number of hydrogen-bond acceptors (Lipinski definition) is 4. The van der Waals surface area contributed by atoms with Gasteiger partial charge in [-0.3, -0.25) is 4.79 Å². The molecule has 1 N–H and O–H groups in total. The molecule has 3 aromatic rings. The highest BCUT2D eigenvalue weighted by atomic mass is 32.2. The standard InChI is InChI=1S/C25H27N5O3S/c1-17-11-13-19(14-12-17)30-22-9-4-8-21(22)24(27-30)25(31)26-18-6-3-7-20(16-18)34(32,33)28-23-10-5-15-29(23)2/h3,6-7,11-14,16H,4-5,8-10,15H2,1-2H3,(H,26,31). The van der Waals surface area contributed by atoms with Gasteiger partial charge in [-0.1, -0.05) is 23.8 Å². The Morgan fingerprint density at radius 2 is 1.85 bits per heavy atom. The predicted molar refractivity (Wildman–Crippen MR) is 131 cm³/mol. The number of rotatable bonds is 5. The van der Waals surface area contributed by atoms with E-state index in [1.807, 2.05) is 47.8 Å². The number of amides is 1. The number of sulfonamides is 1. The molecule has 0 radical (unpaired) electrons. The first-order valence-electron chi connectivity index (χ1n) is 11.5. The fourth-order valence-corrected chi connectivity index (χ4v) is 5.68. The average molecular weight is 478 g/mol. The topological polar surface area (TPSA) is 96.7 Å². The van der Waals surface area contributed by atoms with Crippen LogP contribution in [0.5, 0.6) is 0 Å². The van der Waals surface area contributed by atoms with Crippen molar-refractivity contribution in [3.63, 3.8) is 0 Å². The van der Waals surface area contributed by atoms with Crippen LogP contribution in [0, 0.1) is 6.92 Å². The molecule has 0 saturated carbocycles. The lowest BCUT2D eigenvalue weighted by molar-refractivity contribution is 0.102. The number of carbonyl (C=O) groups excluding carboxylic acids is 1. The Morgan fingerprint density at radius 3 is 2.59 bits per heavy atom. The van der Waals surface area contributed by atoms with Gasteiger partial charge in [0.2, 0.25) is 0 Å². The highest BCUT2D eigenvalue weighted by molar-refractivity contribution is 7.90. The molecule has 5 rings (SSSR count). The maximum atomic E-state index is 13.2. The molecular formula is C25H27N5O3S. The van der Waals surface area contributed by atoms with Gasteiger partial charge >= 0.3 is 0 Å². The molecule has 1 aliphatic carbocycles. The van der Waals surface area contributed by atoms with E-state index in [2.05, 4.69) is 14.8 Å². The van der Waals surface area contributed by atoms with Crippen LogP contribution >= 0.6 is 0 Å². The molecule has 1 saturated heterocycles. The van der Waals surface area contributed by atoms with Gasteiger partial charge in [-0.25, -0.2) is 4.68 Å². The Hall–Kier alpha value is -3.46. The smallest absolute Gasteiger partial charge is 0.284 e. The summed E-state index contributed by atoms with van der Waals surface area (Å²) in [4.78, 5) is 15.1. The Bertz CT molecular complexity index is 1390. The average Bonchev–Trinajstić information content (AvgIpc) is 3.52. The van der Waals surface area contributed by atoms with E-state index in [9.17, 15) is 13.2 Å². The molecular weight excluding hydrogens is 450 g/mol. The summed E-state index contributed by atoms with van der Waals surface area (Å²) in [5.41, 5.74) is 4.87. The molecule has 34 heavy (non-hydrogen) atoms. The van der Waals surface area contributed by atoms with Gasteiger partial charge in [0, 0.05) is 37.0 Å². The minimum atomic E-state index is -3.87. The van der Waals surface area contributed by atoms with E-state index in [4.69, 9.17) is 0 Å². The second-order valence-electron chi connectivity index (χ2n) is 8.86. The number of nitrogens with one attached hydrogen (secondary N) is 1. The van der Waals surface area contributed by atoms with Crippen LogP contribution in [-0.4, -0.2) is 48.4 Å². The highest BCUT2D eigenvalue weighted by Crippen LogP contribution is 2.29. The molecule has 9 heteroatoms. The first kappa shape index (κ1) is 22.3. The van der Waals surface area contributed by atoms with Crippen LogP contribution in [0.2, 0.25) is 0 Å². The second-order valence-corrected chi connectivity index (χ2v) is 10.5. The fraction of sp³-hybridized carbons (Fsp3) is 0.320. The Morgan fingerprint density at radius 1 is 1.06 bits per heavy atom. The zero-order valence-corrected chi connectivity index (χ0v) is 20.1. The van der Waals surface area contributed by atoms with Gasteiger partial charge in [0.25, 0.3) is 15.9 Å². The molecule has 0 bridgehead atoms.